The SMILES string of the molecule is CC[C@H](C)C(=O)[C@@H]1C(OC)=C(C)C(=O)[C@]1(OC)C(C)=O. The second-order valence-corrected chi connectivity index (χ2v) is 5.16. The van der Waals surface area contributed by atoms with Crippen LogP contribution >= 0.6 is 0 Å². The molecule has 0 aromatic carbocycles. The van der Waals surface area contributed by atoms with Gasteiger partial charge in [0.1, 0.15) is 17.5 Å². The molecule has 0 aromatic heterocycles. The fourth-order valence-corrected chi connectivity index (χ4v) is 2.73. The van der Waals surface area contributed by atoms with Crippen LogP contribution in [0.3, 0.4) is 0 Å². The summed E-state index contributed by atoms with van der Waals surface area (Å²) in [6.45, 7) is 6.48. The average molecular weight is 282 g/mol. The Kier molecular flexibility index (Phi) is 4.86. The van der Waals surface area contributed by atoms with Gasteiger partial charge in [0.05, 0.1) is 7.11 Å². The van der Waals surface area contributed by atoms with Crippen molar-refractivity contribution in [1.82, 2.24) is 0 Å². The molecule has 5 heteroatoms. The zero-order valence-corrected chi connectivity index (χ0v) is 12.9. The smallest absolute Gasteiger partial charge is 0.204 e. The summed E-state index contributed by atoms with van der Waals surface area (Å²) in [7, 11) is 2.68. The van der Waals surface area contributed by atoms with E-state index < -0.39 is 23.1 Å². The van der Waals surface area contributed by atoms with Crippen LogP contribution in [0, 0.1) is 11.8 Å². The highest BCUT2D eigenvalue weighted by Gasteiger charge is 2.61. The Morgan fingerprint density at radius 3 is 2.25 bits per heavy atom. The van der Waals surface area contributed by atoms with Crippen molar-refractivity contribution < 1.29 is 23.9 Å². The lowest BCUT2D eigenvalue weighted by atomic mass is 9.78. The van der Waals surface area contributed by atoms with Crippen LogP contribution in [0.25, 0.3) is 0 Å². The first-order valence-electron chi connectivity index (χ1n) is 6.68. The molecule has 1 aliphatic carbocycles. The van der Waals surface area contributed by atoms with Gasteiger partial charge in [0, 0.05) is 18.6 Å². The van der Waals surface area contributed by atoms with Crippen molar-refractivity contribution in [1.29, 1.82) is 0 Å². The molecular formula is C15H22O5. The predicted molar refractivity (Wildman–Crippen MR) is 73.1 cm³/mol. The number of hydrogen-bond acceptors (Lipinski definition) is 5. The van der Waals surface area contributed by atoms with Crippen molar-refractivity contribution in [3.8, 4) is 0 Å². The second kappa shape index (κ2) is 5.87. The summed E-state index contributed by atoms with van der Waals surface area (Å²) in [4.78, 5) is 37.1. The molecule has 0 spiro atoms. The van der Waals surface area contributed by atoms with E-state index in [0.717, 1.165) is 0 Å². The zero-order valence-electron chi connectivity index (χ0n) is 12.9. The molecule has 0 fully saturated rings. The van der Waals surface area contributed by atoms with Crippen LogP contribution in [0.15, 0.2) is 11.3 Å². The van der Waals surface area contributed by atoms with Crippen LogP contribution in [0.5, 0.6) is 0 Å². The van der Waals surface area contributed by atoms with E-state index in [9.17, 15) is 14.4 Å². The van der Waals surface area contributed by atoms with Crippen LogP contribution < -0.4 is 0 Å². The molecule has 1 rings (SSSR count). The van der Waals surface area contributed by atoms with Gasteiger partial charge in [0.15, 0.2) is 5.78 Å². The van der Waals surface area contributed by atoms with Crippen molar-refractivity contribution in [2.24, 2.45) is 11.8 Å². The number of carbonyl (C=O) groups excluding carboxylic acids is 3. The fourth-order valence-electron chi connectivity index (χ4n) is 2.73. The van der Waals surface area contributed by atoms with Gasteiger partial charge in [-0.1, -0.05) is 13.8 Å². The lowest BCUT2D eigenvalue weighted by molar-refractivity contribution is -0.160. The topological polar surface area (TPSA) is 69.7 Å². The number of methoxy groups -OCH3 is 2. The first-order chi connectivity index (χ1) is 9.29. The lowest BCUT2D eigenvalue weighted by Crippen LogP contribution is -2.54. The Bertz CT molecular complexity index is 477. The van der Waals surface area contributed by atoms with Crippen LogP contribution in [-0.4, -0.2) is 37.2 Å². The maximum absolute atomic E-state index is 12.6. The van der Waals surface area contributed by atoms with Crippen LogP contribution in [0.4, 0.5) is 0 Å². The van der Waals surface area contributed by atoms with E-state index in [-0.39, 0.29) is 23.0 Å². The Balaban J connectivity index is 3.49. The second-order valence-electron chi connectivity index (χ2n) is 5.16. The third-order valence-corrected chi connectivity index (χ3v) is 4.16. The van der Waals surface area contributed by atoms with E-state index in [4.69, 9.17) is 9.47 Å². The molecule has 0 amide bonds. The monoisotopic (exact) mass is 282 g/mol. The Labute approximate surface area is 119 Å². The minimum absolute atomic E-state index is 0.202. The third-order valence-electron chi connectivity index (χ3n) is 4.16. The molecule has 0 bridgehead atoms. The number of hydrogen-bond donors (Lipinski definition) is 0. The Hall–Kier alpha value is -1.49. The maximum atomic E-state index is 12.6. The first-order valence-corrected chi connectivity index (χ1v) is 6.68. The summed E-state index contributed by atoms with van der Waals surface area (Å²) in [5.74, 6) is -2.18. The van der Waals surface area contributed by atoms with Gasteiger partial charge >= 0.3 is 0 Å². The van der Waals surface area contributed by atoms with E-state index in [1.807, 2.05) is 6.92 Å². The third kappa shape index (κ3) is 2.10. The normalized spacial score (nSPS) is 27.7. The summed E-state index contributed by atoms with van der Waals surface area (Å²) in [5, 5.41) is 0. The molecule has 0 radical (unpaired) electrons. The van der Waals surface area contributed by atoms with Gasteiger partial charge in [-0.05, 0) is 20.3 Å². The van der Waals surface area contributed by atoms with Gasteiger partial charge < -0.3 is 9.47 Å². The largest absolute Gasteiger partial charge is 0.500 e. The quantitative estimate of drug-likeness (QED) is 0.693. The first kappa shape index (κ1) is 16.6. The van der Waals surface area contributed by atoms with Crippen LogP contribution in [-0.2, 0) is 23.9 Å². The van der Waals surface area contributed by atoms with E-state index in [1.165, 1.54) is 21.1 Å². The molecule has 0 saturated carbocycles. The van der Waals surface area contributed by atoms with Crippen molar-refractivity contribution in [2.45, 2.75) is 39.7 Å². The molecular weight excluding hydrogens is 260 g/mol. The predicted octanol–water partition coefficient (Wildman–Crippen LogP) is 1.70. The highest BCUT2D eigenvalue weighted by molar-refractivity contribution is 6.23. The molecule has 112 valence electrons. The van der Waals surface area contributed by atoms with Gasteiger partial charge in [0.25, 0.3) is 0 Å². The molecule has 1 aliphatic rings. The standard InChI is InChI=1S/C15H22O5/c1-7-8(2)12(17)11-13(19-5)9(3)14(18)15(11,20-6)10(4)16/h8,11H,7H2,1-6H3/t8-,11+,15-/m0/s1. The summed E-state index contributed by atoms with van der Waals surface area (Å²) in [5.41, 5.74) is -1.48. The van der Waals surface area contributed by atoms with Crippen molar-refractivity contribution in [3.63, 3.8) is 0 Å². The van der Waals surface area contributed by atoms with Gasteiger partial charge in [-0.15, -0.1) is 0 Å². The molecule has 5 nitrogen and oxygen atoms in total. The summed E-state index contributed by atoms with van der Waals surface area (Å²) >= 11 is 0. The summed E-state index contributed by atoms with van der Waals surface area (Å²) in [6.07, 6.45) is 0.622. The number of rotatable bonds is 6. The summed E-state index contributed by atoms with van der Waals surface area (Å²) in [6, 6.07) is 0. The van der Waals surface area contributed by atoms with Gasteiger partial charge in [0.2, 0.25) is 11.4 Å². The molecule has 3 atom stereocenters. The van der Waals surface area contributed by atoms with Crippen molar-refractivity contribution in [3.05, 3.63) is 11.3 Å². The van der Waals surface area contributed by atoms with E-state index >= 15 is 0 Å². The van der Waals surface area contributed by atoms with Gasteiger partial charge in [-0.25, -0.2) is 0 Å². The molecule has 0 N–H and O–H groups in total. The van der Waals surface area contributed by atoms with Crippen LogP contribution in [0.2, 0.25) is 0 Å². The average Bonchev–Trinajstić information content (AvgIpc) is 2.66. The highest BCUT2D eigenvalue weighted by atomic mass is 16.5. The Morgan fingerprint density at radius 2 is 1.90 bits per heavy atom. The minimum Gasteiger partial charge on any atom is -0.500 e. The van der Waals surface area contributed by atoms with Gasteiger partial charge in [-0.2, -0.15) is 0 Å². The van der Waals surface area contributed by atoms with Gasteiger partial charge in [-0.3, -0.25) is 14.4 Å². The summed E-state index contributed by atoms with van der Waals surface area (Å²) < 4.78 is 10.5. The number of Topliss-reactive ketones (excluding diaryl/α,β-unsaturated/α-hetero) is 3. The number of ether oxygens (including phenoxy) is 2. The van der Waals surface area contributed by atoms with Crippen molar-refractivity contribution >= 4 is 17.3 Å². The maximum Gasteiger partial charge on any atom is 0.204 e. The molecule has 0 aromatic rings. The highest BCUT2D eigenvalue weighted by Crippen LogP contribution is 2.43. The molecule has 0 saturated heterocycles. The molecule has 0 unspecified atom stereocenters. The molecule has 0 aliphatic heterocycles. The minimum atomic E-state index is -1.77. The van der Waals surface area contributed by atoms with Crippen molar-refractivity contribution in [2.75, 3.05) is 14.2 Å². The van der Waals surface area contributed by atoms with Crippen LogP contribution in [0.1, 0.15) is 34.1 Å². The Morgan fingerprint density at radius 1 is 1.35 bits per heavy atom. The van der Waals surface area contributed by atoms with E-state index in [2.05, 4.69) is 0 Å². The molecule has 20 heavy (non-hydrogen) atoms. The van der Waals surface area contributed by atoms with E-state index in [0.29, 0.717) is 6.42 Å². The van der Waals surface area contributed by atoms with E-state index in [1.54, 1.807) is 13.8 Å². The lowest BCUT2D eigenvalue weighted by Gasteiger charge is -2.31. The number of carbonyl (C=O) groups is 3. The fraction of sp³-hybridized carbons (Fsp3) is 0.667. The molecule has 0 heterocycles. The number of ketones is 3. The zero-order chi connectivity index (χ0) is 15.7.